The van der Waals surface area contributed by atoms with Crippen molar-refractivity contribution in [1.29, 1.82) is 0 Å². The number of carbonyl (C=O) groups is 3. The topological polar surface area (TPSA) is 115 Å². The summed E-state index contributed by atoms with van der Waals surface area (Å²) in [6.07, 6.45) is 7.99. The summed E-state index contributed by atoms with van der Waals surface area (Å²) in [5, 5.41) is 5.59. The van der Waals surface area contributed by atoms with Gasteiger partial charge in [0.15, 0.2) is 0 Å². The van der Waals surface area contributed by atoms with Crippen LogP contribution in [0, 0.1) is 0 Å². The van der Waals surface area contributed by atoms with Gasteiger partial charge in [-0.25, -0.2) is 14.8 Å². The van der Waals surface area contributed by atoms with Crippen LogP contribution in [0.3, 0.4) is 0 Å². The zero-order chi connectivity index (χ0) is 29.2. The van der Waals surface area contributed by atoms with Crippen LogP contribution in [0.5, 0.6) is 0 Å². The first-order valence-corrected chi connectivity index (χ1v) is 13.7. The van der Waals surface area contributed by atoms with E-state index >= 15 is 0 Å². The van der Waals surface area contributed by atoms with E-state index in [1.807, 2.05) is 59.3 Å². The third-order valence-corrected chi connectivity index (χ3v) is 6.12. The van der Waals surface area contributed by atoms with Crippen molar-refractivity contribution in [2.45, 2.75) is 58.5 Å². The maximum atomic E-state index is 13.3. The third kappa shape index (κ3) is 8.60. The number of hydrogen-bond acceptors (Lipinski definition) is 6. The van der Waals surface area contributed by atoms with Crippen molar-refractivity contribution in [2.24, 2.45) is 0 Å². The van der Waals surface area contributed by atoms with Gasteiger partial charge < -0.3 is 9.53 Å². The summed E-state index contributed by atoms with van der Waals surface area (Å²) < 4.78 is 7.14. The van der Waals surface area contributed by atoms with Gasteiger partial charge in [0, 0.05) is 35.6 Å². The minimum Gasteiger partial charge on any atom is -0.444 e. The molecule has 2 aromatic heterocycles. The highest BCUT2D eigenvalue weighted by atomic mass is 16.6. The number of para-hydroxylation sites is 1. The first-order chi connectivity index (χ1) is 19.7. The van der Waals surface area contributed by atoms with E-state index in [0.29, 0.717) is 23.8 Å². The van der Waals surface area contributed by atoms with Crippen LogP contribution in [0.2, 0.25) is 0 Å². The van der Waals surface area contributed by atoms with Gasteiger partial charge in [-0.3, -0.25) is 20.0 Å². The lowest BCUT2D eigenvalue weighted by Crippen LogP contribution is -2.27. The van der Waals surface area contributed by atoms with Crippen molar-refractivity contribution in [3.05, 3.63) is 90.4 Å². The van der Waals surface area contributed by atoms with E-state index in [4.69, 9.17) is 9.72 Å². The van der Waals surface area contributed by atoms with Gasteiger partial charge in [-0.05, 0) is 82.0 Å². The molecule has 4 aromatic rings. The quantitative estimate of drug-likeness (QED) is 0.155. The number of nitrogens with one attached hydrogen (secondary N) is 2. The Kier molecular flexibility index (Phi) is 9.63. The number of hydrogen-bond donors (Lipinski definition) is 2. The number of aryl methyl sites for hydroxylation is 1. The fraction of sp³-hybridized carbons (Fsp3) is 0.281. The molecule has 0 aliphatic carbocycles. The molecular weight excluding hydrogens is 518 g/mol. The van der Waals surface area contributed by atoms with Crippen LogP contribution in [0.25, 0.3) is 16.8 Å². The molecule has 0 aliphatic heterocycles. The van der Waals surface area contributed by atoms with Crippen LogP contribution >= 0.6 is 0 Å². The second-order valence-corrected chi connectivity index (χ2v) is 10.6. The first kappa shape index (κ1) is 29.2. The number of ether oxygens (including phenoxy) is 1. The Morgan fingerprint density at radius 1 is 0.927 bits per heavy atom. The molecule has 2 heterocycles. The number of nitrogens with zero attached hydrogens (tertiary/aromatic N) is 3. The van der Waals surface area contributed by atoms with Crippen LogP contribution in [0.1, 0.15) is 62.5 Å². The van der Waals surface area contributed by atoms with Crippen molar-refractivity contribution >= 4 is 30.1 Å². The summed E-state index contributed by atoms with van der Waals surface area (Å²) in [6.45, 7) is 5.38. The molecule has 0 bridgehead atoms. The molecule has 2 amide bonds. The van der Waals surface area contributed by atoms with Crippen molar-refractivity contribution in [3.8, 4) is 16.8 Å². The summed E-state index contributed by atoms with van der Waals surface area (Å²) in [5.41, 5.74) is 3.21. The lowest BCUT2D eigenvalue weighted by atomic mass is 10.0. The number of pyridine rings is 1. The van der Waals surface area contributed by atoms with E-state index in [1.54, 1.807) is 45.2 Å². The highest BCUT2D eigenvalue weighted by molar-refractivity contribution is 6.04. The zero-order valence-electron chi connectivity index (χ0n) is 23.6. The van der Waals surface area contributed by atoms with E-state index in [9.17, 15) is 14.4 Å². The number of rotatable bonds is 11. The molecule has 212 valence electrons. The van der Waals surface area contributed by atoms with Gasteiger partial charge in [0.2, 0.25) is 5.95 Å². The van der Waals surface area contributed by atoms with E-state index in [2.05, 4.69) is 15.6 Å². The predicted octanol–water partition coefficient (Wildman–Crippen LogP) is 6.84. The highest BCUT2D eigenvalue weighted by Crippen LogP contribution is 2.23. The summed E-state index contributed by atoms with van der Waals surface area (Å²) in [6, 6.07) is 20.5. The molecule has 0 fully saturated rings. The molecule has 0 atom stereocenters. The molecule has 0 spiro atoms. The Balaban J connectivity index is 1.48. The first-order valence-electron chi connectivity index (χ1n) is 13.7. The van der Waals surface area contributed by atoms with Crippen LogP contribution in [0.4, 0.5) is 16.6 Å². The van der Waals surface area contributed by atoms with E-state index in [0.717, 1.165) is 54.5 Å². The lowest BCUT2D eigenvalue weighted by molar-refractivity contribution is -0.107. The molecule has 0 unspecified atom stereocenters. The number of amides is 2. The molecule has 41 heavy (non-hydrogen) atoms. The number of anilines is 2. The smallest absolute Gasteiger partial charge is 0.413 e. The second kappa shape index (κ2) is 13.5. The van der Waals surface area contributed by atoms with E-state index < -0.39 is 11.7 Å². The maximum absolute atomic E-state index is 13.3. The number of unbranched alkanes of at least 4 members (excludes halogenated alkanes) is 3. The van der Waals surface area contributed by atoms with E-state index in [-0.39, 0.29) is 5.91 Å². The van der Waals surface area contributed by atoms with Gasteiger partial charge in [-0.1, -0.05) is 36.8 Å². The van der Waals surface area contributed by atoms with Crippen LogP contribution in [-0.4, -0.2) is 38.4 Å². The maximum Gasteiger partial charge on any atom is 0.413 e. The van der Waals surface area contributed by atoms with Crippen LogP contribution < -0.4 is 10.6 Å². The second-order valence-electron chi connectivity index (χ2n) is 10.6. The molecule has 0 saturated heterocycles. The van der Waals surface area contributed by atoms with Crippen LogP contribution in [-0.2, 0) is 16.0 Å². The van der Waals surface area contributed by atoms with Gasteiger partial charge in [-0.15, -0.1) is 0 Å². The number of aromatic nitrogens is 3. The summed E-state index contributed by atoms with van der Waals surface area (Å²) in [4.78, 5) is 45.0. The van der Waals surface area contributed by atoms with Crippen molar-refractivity contribution in [1.82, 2.24) is 14.5 Å². The Morgan fingerprint density at radius 2 is 1.73 bits per heavy atom. The lowest BCUT2D eigenvalue weighted by Gasteiger charge is -2.19. The Morgan fingerprint density at radius 3 is 2.44 bits per heavy atom. The molecule has 9 heteroatoms. The Bertz CT molecular complexity index is 1470. The van der Waals surface area contributed by atoms with Gasteiger partial charge in [0.1, 0.15) is 17.7 Å². The molecule has 4 rings (SSSR count). The number of imidazole rings is 1. The van der Waals surface area contributed by atoms with E-state index in [1.165, 1.54) is 0 Å². The zero-order valence-corrected chi connectivity index (χ0v) is 23.6. The van der Waals surface area contributed by atoms with Crippen LogP contribution in [0.15, 0.2) is 79.1 Å². The van der Waals surface area contributed by atoms with Gasteiger partial charge in [0.25, 0.3) is 5.91 Å². The fourth-order valence-electron chi connectivity index (χ4n) is 4.19. The highest BCUT2D eigenvalue weighted by Gasteiger charge is 2.17. The third-order valence-electron chi connectivity index (χ3n) is 6.12. The molecule has 0 radical (unpaired) electrons. The SMILES string of the molecule is CC(C)(C)OC(=O)Nc1ccc(-c2cccc(C(=O)Nc3nc(CCCCCC=O)cn3-c3ccccc3)c2)cn1. The predicted molar refractivity (Wildman–Crippen MR) is 159 cm³/mol. The summed E-state index contributed by atoms with van der Waals surface area (Å²) >= 11 is 0. The Hall–Kier alpha value is -4.79. The summed E-state index contributed by atoms with van der Waals surface area (Å²) in [5.74, 6) is 0.515. The standard InChI is InChI=1S/C32H35N5O4/c1-32(2,3)41-31(40)35-28-18-17-25(21-33-28)23-12-11-13-24(20-23)29(39)36-30-34-26(14-7-4-5-10-19-38)22-37(30)27-15-8-6-9-16-27/h6,8-9,11-13,15-22H,4-5,7,10,14H2,1-3H3,(H,33,35,40)(H,34,36,39). The van der Waals surface area contributed by atoms with Crippen molar-refractivity contribution < 1.29 is 19.1 Å². The molecule has 9 nitrogen and oxygen atoms in total. The minimum atomic E-state index is -0.609. The van der Waals surface area contributed by atoms with Crippen molar-refractivity contribution in [3.63, 3.8) is 0 Å². The fourth-order valence-corrected chi connectivity index (χ4v) is 4.19. The summed E-state index contributed by atoms with van der Waals surface area (Å²) in [7, 11) is 0. The molecule has 0 aliphatic rings. The molecule has 2 aromatic carbocycles. The van der Waals surface area contributed by atoms with Gasteiger partial charge in [0.05, 0.1) is 5.69 Å². The average molecular weight is 554 g/mol. The molecule has 0 saturated carbocycles. The molecule has 2 N–H and O–H groups in total. The number of aldehydes is 1. The number of carbonyl (C=O) groups excluding carboxylic acids is 3. The molecular formula is C32H35N5O4. The normalized spacial score (nSPS) is 11.1. The number of benzene rings is 2. The Labute approximate surface area is 240 Å². The van der Waals surface area contributed by atoms with Gasteiger partial charge in [-0.2, -0.15) is 0 Å². The van der Waals surface area contributed by atoms with Crippen molar-refractivity contribution in [2.75, 3.05) is 10.6 Å². The largest absolute Gasteiger partial charge is 0.444 e. The minimum absolute atomic E-state index is 0.289. The van der Waals surface area contributed by atoms with Gasteiger partial charge >= 0.3 is 6.09 Å². The monoisotopic (exact) mass is 553 g/mol. The average Bonchev–Trinajstić information content (AvgIpc) is 3.35.